The Balaban J connectivity index is 3.32. The van der Waals surface area contributed by atoms with E-state index in [1.807, 2.05) is 6.92 Å². The van der Waals surface area contributed by atoms with E-state index in [1.165, 1.54) is 6.92 Å². The van der Waals surface area contributed by atoms with E-state index in [0.717, 1.165) is 6.07 Å². The highest BCUT2D eigenvalue weighted by atomic mass is 16.5. The summed E-state index contributed by atoms with van der Waals surface area (Å²) < 4.78 is 5.05. The zero-order chi connectivity index (χ0) is 14.7. The molecule has 0 spiro atoms. The third kappa shape index (κ3) is 2.96. The van der Waals surface area contributed by atoms with Gasteiger partial charge in [0, 0.05) is 0 Å². The first kappa shape index (κ1) is 14.8. The molecule has 0 aliphatic carbocycles. The Bertz CT molecular complexity index is 520. The van der Waals surface area contributed by atoms with Crippen molar-refractivity contribution in [2.24, 2.45) is 0 Å². The van der Waals surface area contributed by atoms with Crippen LogP contribution in [-0.2, 0) is 4.74 Å². The molecule has 1 unspecified atom stereocenters. The van der Waals surface area contributed by atoms with Gasteiger partial charge < -0.3 is 20.1 Å². The van der Waals surface area contributed by atoms with Crippen molar-refractivity contribution < 1.29 is 29.6 Å². The Morgan fingerprint density at radius 1 is 1.32 bits per heavy atom. The number of hydrogen-bond acceptors (Lipinski definition) is 5. The Labute approximate surface area is 110 Å². The van der Waals surface area contributed by atoms with Crippen LogP contribution in [0.2, 0.25) is 0 Å². The Morgan fingerprint density at radius 2 is 1.89 bits per heavy atom. The van der Waals surface area contributed by atoms with Gasteiger partial charge >= 0.3 is 11.9 Å². The molecule has 0 aliphatic heterocycles. The zero-order valence-electron chi connectivity index (χ0n) is 10.9. The van der Waals surface area contributed by atoms with Gasteiger partial charge in [-0.3, -0.25) is 0 Å². The largest absolute Gasteiger partial charge is 0.507 e. The second kappa shape index (κ2) is 5.60. The van der Waals surface area contributed by atoms with Crippen molar-refractivity contribution in [2.45, 2.75) is 33.3 Å². The van der Waals surface area contributed by atoms with E-state index in [0.29, 0.717) is 6.42 Å². The predicted octanol–water partition coefficient (Wildman–Crippen LogP) is 2.06. The quantitative estimate of drug-likeness (QED) is 0.722. The molecule has 0 aliphatic rings. The Morgan fingerprint density at radius 3 is 2.37 bits per heavy atom. The molecule has 104 valence electrons. The molecule has 0 heterocycles. The van der Waals surface area contributed by atoms with Crippen LogP contribution in [-0.4, -0.2) is 33.4 Å². The van der Waals surface area contributed by atoms with Crippen molar-refractivity contribution in [1.82, 2.24) is 0 Å². The van der Waals surface area contributed by atoms with E-state index in [4.69, 9.17) is 9.84 Å². The molecule has 1 rings (SSSR count). The van der Waals surface area contributed by atoms with Gasteiger partial charge in [0.15, 0.2) is 0 Å². The smallest absolute Gasteiger partial charge is 0.343 e. The summed E-state index contributed by atoms with van der Waals surface area (Å²) >= 11 is 0. The van der Waals surface area contributed by atoms with Crippen LogP contribution in [0.1, 0.15) is 46.5 Å². The Hall–Kier alpha value is -2.24. The number of ether oxygens (including phenoxy) is 1. The average Bonchev–Trinajstić information content (AvgIpc) is 2.26. The van der Waals surface area contributed by atoms with Gasteiger partial charge in [-0.05, 0) is 31.9 Å². The fourth-order valence-corrected chi connectivity index (χ4v) is 1.58. The van der Waals surface area contributed by atoms with E-state index < -0.39 is 29.0 Å². The molecule has 0 fully saturated rings. The number of esters is 1. The number of aromatic hydroxyl groups is 2. The number of aromatic carboxylic acids is 1. The molecular formula is C13H16O6. The van der Waals surface area contributed by atoms with Gasteiger partial charge in [-0.25, -0.2) is 9.59 Å². The van der Waals surface area contributed by atoms with Crippen LogP contribution in [0, 0.1) is 6.92 Å². The maximum absolute atomic E-state index is 11.9. The summed E-state index contributed by atoms with van der Waals surface area (Å²) in [6, 6.07) is 1.11. The highest BCUT2D eigenvalue weighted by Gasteiger charge is 2.26. The maximum atomic E-state index is 11.9. The van der Waals surface area contributed by atoms with E-state index in [2.05, 4.69) is 0 Å². The van der Waals surface area contributed by atoms with Gasteiger partial charge in [0.1, 0.15) is 22.6 Å². The first-order chi connectivity index (χ1) is 8.79. The van der Waals surface area contributed by atoms with Crippen molar-refractivity contribution in [1.29, 1.82) is 0 Å². The zero-order valence-corrected chi connectivity index (χ0v) is 10.9. The topological polar surface area (TPSA) is 104 Å². The van der Waals surface area contributed by atoms with E-state index in [-0.39, 0.29) is 17.2 Å². The molecule has 19 heavy (non-hydrogen) atoms. The maximum Gasteiger partial charge on any atom is 0.343 e. The summed E-state index contributed by atoms with van der Waals surface area (Å²) in [7, 11) is 0. The van der Waals surface area contributed by atoms with Crippen molar-refractivity contribution >= 4 is 11.9 Å². The van der Waals surface area contributed by atoms with Crippen molar-refractivity contribution in [3.8, 4) is 11.5 Å². The third-order valence-electron chi connectivity index (χ3n) is 2.78. The van der Waals surface area contributed by atoms with Gasteiger partial charge in [-0.15, -0.1) is 0 Å². The third-order valence-corrected chi connectivity index (χ3v) is 2.78. The summed E-state index contributed by atoms with van der Waals surface area (Å²) in [6.45, 7) is 4.98. The van der Waals surface area contributed by atoms with Crippen LogP contribution in [0.15, 0.2) is 6.07 Å². The lowest BCUT2D eigenvalue weighted by molar-refractivity contribution is 0.0330. The van der Waals surface area contributed by atoms with Crippen molar-refractivity contribution in [3.05, 3.63) is 22.8 Å². The molecule has 0 saturated carbocycles. The minimum atomic E-state index is -1.52. The van der Waals surface area contributed by atoms with Gasteiger partial charge in [0.05, 0.1) is 6.10 Å². The van der Waals surface area contributed by atoms with Crippen LogP contribution in [0.3, 0.4) is 0 Å². The molecule has 6 nitrogen and oxygen atoms in total. The lowest BCUT2D eigenvalue weighted by atomic mass is 10.0. The van der Waals surface area contributed by atoms with Crippen molar-refractivity contribution in [3.63, 3.8) is 0 Å². The number of carbonyl (C=O) groups is 2. The normalized spacial score (nSPS) is 11.9. The lowest BCUT2D eigenvalue weighted by Gasteiger charge is -2.15. The predicted molar refractivity (Wildman–Crippen MR) is 66.6 cm³/mol. The van der Waals surface area contributed by atoms with Gasteiger partial charge in [-0.2, -0.15) is 0 Å². The standard InChI is InChI=1S/C13H16O6/c1-4-7(3)19-13(18)9-6(2)5-8(14)10(11(9)15)12(16)17/h5,7,14-15H,4H2,1-3H3,(H,16,17). The number of rotatable bonds is 4. The number of hydrogen-bond donors (Lipinski definition) is 3. The molecule has 0 bridgehead atoms. The van der Waals surface area contributed by atoms with Gasteiger partial charge in [0.2, 0.25) is 0 Å². The number of benzene rings is 1. The van der Waals surface area contributed by atoms with Crippen molar-refractivity contribution in [2.75, 3.05) is 0 Å². The van der Waals surface area contributed by atoms with Crippen LogP contribution >= 0.6 is 0 Å². The highest BCUT2D eigenvalue weighted by Crippen LogP contribution is 2.34. The lowest BCUT2D eigenvalue weighted by Crippen LogP contribution is -2.16. The van der Waals surface area contributed by atoms with E-state index in [9.17, 15) is 19.8 Å². The van der Waals surface area contributed by atoms with Crippen LogP contribution in [0.5, 0.6) is 11.5 Å². The summed E-state index contributed by atoms with van der Waals surface area (Å²) in [4.78, 5) is 22.8. The molecule has 1 atom stereocenters. The highest BCUT2D eigenvalue weighted by molar-refractivity contribution is 6.02. The molecule has 0 saturated heterocycles. The first-order valence-electron chi connectivity index (χ1n) is 5.79. The first-order valence-corrected chi connectivity index (χ1v) is 5.79. The van der Waals surface area contributed by atoms with Crippen LogP contribution in [0.4, 0.5) is 0 Å². The number of carboxylic acid groups (broad SMARTS) is 1. The number of carbonyl (C=O) groups excluding carboxylic acids is 1. The number of aryl methyl sites for hydroxylation is 1. The molecule has 0 amide bonds. The van der Waals surface area contributed by atoms with Crippen LogP contribution in [0.25, 0.3) is 0 Å². The second-order valence-corrected chi connectivity index (χ2v) is 4.24. The van der Waals surface area contributed by atoms with E-state index in [1.54, 1.807) is 6.92 Å². The molecule has 0 aromatic heterocycles. The molecular weight excluding hydrogens is 252 g/mol. The molecule has 3 N–H and O–H groups in total. The van der Waals surface area contributed by atoms with Gasteiger partial charge in [-0.1, -0.05) is 6.92 Å². The second-order valence-electron chi connectivity index (χ2n) is 4.24. The molecule has 1 aromatic rings. The van der Waals surface area contributed by atoms with E-state index >= 15 is 0 Å². The van der Waals surface area contributed by atoms with Gasteiger partial charge in [0.25, 0.3) is 0 Å². The molecule has 6 heteroatoms. The Kier molecular flexibility index (Phi) is 4.37. The minimum absolute atomic E-state index is 0.240. The fourth-order valence-electron chi connectivity index (χ4n) is 1.58. The number of phenols is 2. The summed E-state index contributed by atoms with van der Waals surface area (Å²) in [5, 5.41) is 28.2. The summed E-state index contributed by atoms with van der Waals surface area (Å²) in [5.41, 5.74) is -0.703. The summed E-state index contributed by atoms with van der Waals surface area (Å²) in [6.07, 6.45) is 0.239. The monoisotopic (exact) mass is 268 g/mol. The van der Waals surface area contributed by atoms with Crippen LogP contribution < -0.4 is 0 Å². The SMILES string of the molecule is CCC(C)OC(=O)c1c(C)cc(O)c(C(=O)O)c1O. The molecule has 0 radical (unpaired) electrons. The summed E-state index contributed by atoms with van der Waals surface area (Å²) in [5.74, 6) is -3.71. The average molecular weight is 268 g/mol. The molecule has 1 aromatic carbocycles. The fraction of sp³-hybridized carbons (Fsp3) is 0.385. The minimum Gasteiger partial charge on any atom is -0.507 e. The number of carboxylic acids is 1.